The second kappa shape index (κ2) is 3.92. The van der Waals surface area contributed by atoms with E-state index in [1.54, 1.807) is 0 Å². The Labute approximate surface area is 87.0 Å². The smallest absolute Gasteiger partial charge is 0.186 e. The molecule has 6 heteroatoms. The quantitative estimate of drug-likeness (QED) is 0.797. The minimum absolute atomic E-state index is 0.114. The van der Waals surface area contributed by atoms with Crippen molar-refractivity contribution in [1.82, 2.24) is 4.98 Å². The Hall–Kier alpha value is -1.53. The first-order chi connectivity index (χ1) is 7.18. The fourth-order valence-corrected chi connectivity index (χ4v) is 1.55. The predicted octanol–water partition coefficient (Wildman–Crippen LogP) is 2.06. The number of oxazole rings is 1. The van der Waals surface area contributed by atoms with Crippen molar-refractivity contribution in [3.63, 3.8) is 0 Å². The zero-order chi connectivity index (χ0) is 10.8. The summed E-state index contributed by atoms with van der Waals surface area (Å²) >= 11 is -2.14. The second-order valence-corrected chi connectivity index (χ2v) is 3.73. The molecule has 0 spiro atoms. The van der Waals surface area contributed by atoms with Crippen molar-refractivity contribution in [2.24, 2.45) is 0 Å². The van der Waals surface area contributed by atoms with Gasteiger partial charge in [-0.05, 0) is 18.2 Å². The Balaban J connectivity index is 2.55. The third-order valence-electron chi connectivity index (χ3n) is 1.84. The maximum atomic E-state index is 13.3. The number of halogens is 1. The van der Waals surface area contributed by atoms with Crippen LogP contribution < -0.4 is 0 Å². The van der Waals surface area contributed by atoms with Crippen molar-refractivity contribution in [2.45, 2.75) is 4.90 Å². The lowest BCUT2D eigenvalue weighted by molar-refractivity contribution is 0.558. The Bertz CT molecular complexity index is 498. The largest absolute Gasteiger partial charge is 0.443 e. The normalized spacial score (nSPS) is 12.7. The van der Waals surface area contributed by atoms with E-state index in [0.717, 1.165) is 12.5 Å². The molecule has 0 aliphatic heterocycles. The molecule has 1 heterocycles. The summed E-state index contributed by atoms with van der Waals surface area (Å²) in [7, 11) is 0. The van der Waals surface area contributed by atoms with Crippen molar-refractivity contribution in [1.29, 1.82) is 0 Å². The Morgan fingerprint density at radius 1 is 1.47 bits per heavy atom. The van der Waals surface area contributed by atoms with Gasteiger partial charge in [0.05, 0.1) is 16.7 Å². The summed E-state index contributed by atoms with van der Waals surface area (Å²) in [5.74, 6) is -0.305. The van der Waals surface area contributed by atoms with E-state index in [1.165, 1.54) is 18.3 Å². The van der Waals surface area contributed by atoms with Crippen LogP contribution in [0.1, 0.15) is 0 Å². The van der Waals surface area contributed by atoms with Crippen LogP contribution in [0.5, 0.6) is 0 Å². The van der Waals surface area contributed by atoms with Crippen molar-refractivity contribution < 1.29 is 17.6 Å². The van der Waals surface area contributed by atoms with Crippen LogP contribution in [0.4, 0.5) is 4.39 Å². The number of aromatic nitrogens is 1. The SMILES string of the molecule is O=S(O)c1ccc(F)c(-c2cnco2)c1. The van der Waals surface area contributed by atoms with Crippen LogP contribution in [0.25, 0.3) is 11.3 Å². The molecule has 0 bridgehead atoms. The molecule has 0 saturated carbocycles. The second-order valence-electron chi connectivity index (χ2n) is 2.76. The maximum Gasteiger partial charge on any atom is 0.186 e. The van der Waals surface area contributed by atoms with Crippen LogP contribution in [0.3, 0.4) is 0 Å². The lowest BCUT2D eigenvalue weighted by atomic mass is 10.2. The van der Waals surface area contributed by atoms with Crippen LogP contribution in [0.15, 0.2) is 40.1 Å². The molecule has 0 saturated heterocycles. The zero-order valence-corrected chi connectivity index (χ0v) is 8.20. The highest BCUT2D eigenvalue weighted by Crippen LogP contribution is 2.24. The van der Waals surface area contributed by atoms with E-state index in [2.05, 4.69) is 4.98 Å². The van der Waals surface area contributed by atoms with Gasteiger partial charge in [-0.3, -0.25) is 0 Å². The standard InChI is InChI=1S/C9H6FNO3S/c10-8-2-1-6(15(12)13)3-7(8)9-4-11-5-14-9/h1-5H,(H,12,13). The molecule has 0 aliphatic rings. The molecule has 1 aromatic heterocycles. The summed E-state index contributed by atoms with van der Waals surface area (Å²) in [6, 6.07) is 3.61. The average Bonchev–Trinajstić information content (AvgIpc) is 2.71. The van der Waals surface area contributed by atoms with Gasteiger partial charge in [0, 0.05) is 0 Å². The number of benzene rings is 1. The topological polar surface area (TPSA) is 63.3 Å². The van der Waals surface area contributed by atoms with Crippen LogP contribution in [0.2, 0.25) is 0 Å². The van der Waals surface area contributed by atoms with Gasteiger partial charge in [-0.2, -0.15) is 0 Å². The van der Waals surface area contributed by atoms with Gasteiger partial charge < -0.3 is 8.97 Å². The Morgan fingerprint density at radius 2 is 2.27 bits per heavy atom. The van der Waals surface area contributed by atoms with Gasteiger partial charge >= 0.3 is 0 Å². The molecule has 0 aliphatic carbocycles. The highest BCUT2D eigenvalue weighted by molar-refractivity contribution is 7.79. The summed E-state index contributed by atoms with van der Waals surface area (Å²) in [5.41, 5.74) is 0.118. The molecule has 15 heavy (non-hydrogen) atoms. The van der Waals surface area contributed by atoms with Crippen molar-refractivity contribution >= 4 is 11.1 Å². The predicted molar refractivity (Wildman–Crippen MR) is 50.9 cm³/mol. The third kappa shape index (κ3) is 1.95. The van der Waals surface area contributed by atoms with Gasteiger partial charge in [0.1, 0.15) is 5.82 Å². The minimum atomic E-state index is -2.14. The van der Waals surface area contributed by atoms with Crippen LogP contribution in [-0.2, 0) is 11.1 Å². The summed E-state index contributed by atoms with van der Waals surface area (Å²) < 4.78 is 37.8. The highest BCUT2D eigenvalue weighted by Gasteiger charge is 2.11. The van der Waals surface area contributed by atoms with E-state index in [-0.39, 0.29) is 16.2 Å². The first-order valence-electron chi connectivity index (χ1n) is 3.98. The molecular formula is C9H6FNO3S. The van der Waals surface area contributed by atoms with E-state index in [9.17, 15) is 8.60 Å². The first-order valence-corrected chi connectivity index (χ1v) is 5.08. The summed E-state index contributed by atoms with van der Waals surface area (Å²) in [6.07, 6.45) is 2.50. The molecule has 4 nitrogen and oxygen atoms in total. The lowest BCUT2D eigenvalue weighted by Gasteiger charge is -2.00. The molecular weight excluding hydrogens is 221 g/mol. The average molecular weight is 227 g/mol. The van der Waals surface area contributed by atoms with Crippen LogP contribution >= 0.6 is 0 Å². The van der Waals surface area contributed by atoms with E-state index in [1.807, 2.05) is 0 Å². The molecule has 1 unspecified atom stereocenters. The van der Waals surface area contributed by atoms with Crippen molar-refractivity contribution in [2.75, 3.05) is 0 Å². The molecule has 78 valence electrons. The van der Waals surface area contributed by atoms with Gasteiger partial charge in [-0.25, -0.2) is 13.6 Å². The molecule has 2 rings (SSSR count). The summed E-state index contributed by atoms with van der Waals surface area (Å²) in [5, 5.41) is 0. The fraction of sp³-hybridized carbons (Fsp3) is 0. The van der Waals surface area contributed by atoms with Crippen LogP contribution in [-0.4, -0.2) is 13.7 Å². The van der Waals surface area contributed by atoms with Gasteiger partial charge in [0.25, 0.3) is 0 Å². The lowest BCUT2D eigenvalue weighted by Crippen LogP contribution is -1.91. The van der Waals surface area contributed by atoms with E-state index in [4.69, 9.17) is 8.97 Å². The number of hydrogen-bond acceptors (Lipinski definition) is 3. The zero-order valence-electron chi connectivity index (χ0n) is 7.38. The summed E-state index contributed by atoms with van der Waals surface area (Å²) in [6.45, 7) is 0. The van der Waals surface area contributed by atoms with Crippen molar-refractivity contribution in [3.8, 4) is 11.3 Å². The van der Waals surface area contributed by atoms with E-state index in [0.29, 0.717) is 0 Å². The molecule has 0 amide bonds. The monoisotopic (exact) mass is 227 g/mol. The van der Waals surface area contributed by atoms with Gasteiger partial charge in [-0.15, -0.1) is 0 Å². The molecule has 1 atom stereocenters. The first kappa shape index (κ1) is 10.0. The van der Waals surface area contributed by atoms with Gasteiger partial charge in [-0.1, -0.05) is 0 Å². The minimum Gasteiger partial charge on any atom is -0.443 e. The molecule has 0 radical (unpaired) electrons. The van der Waals surface area contributed by atoms with Crippen LogP contribution in [0, 0.1) is 5.82 Å². The molecule has 2 aromatic rings. The number of hydrogen-bond donors (Lipinski definition) is 1. The highest BCUT2D eigenvalue weighted by atomic mass is 32.2. The van der Waals surface area contributed by atoms with Gasteiger partial charge in [0.2, 0.25) is 0 Å². The maximum absolute atomic E-state index is 13.3. The Morgan fingerprint density at radius 3 is 2.87 bits per heavy atom. The molecule has 0 fully saturated rings. The van der Waals surface area contributed by atoms with Crippen molar-refractivity contribution in [3.05, 3.63) is 36.6 Å². The van der Waals surface area contributed by atoms with Gasteiger partial charge in [0.15, 0.2) is 23.2 Å². The third-order valence-corrected chi connectivity index (χ3v) is 2.49. The van der Waals surface area contributed by atoms with E-state index < -0.39 is 16.9 Å². The fourth-order valence-electron chi connectivity index (χ4n) is 1.15. The Kier molecular flexibility index (Phi) is 2.61. The molecule has 1 aromatic carbocycles. The number of nitrogens with zero attached hydrogens (tertiary/aromatic N) is 1. The molecule has 1 N–H and O–H groups in total. The van der Waals surface area contributed by atoms with E-state index >= 15 is 0 Å². The summed E-state index contributed by atoms with van der Waals surface area (Å²) in [4.78, 5) is 3.76. The number of rotatable bonds is 2.